The summed E-state index contributed by atoms with van der Waals surface area (Å²) in [7, 11) is 1.79. The molecule has 0 saturated heterocycles. The van der Waals surface area contributed by atoms with Gasteiger partial charge >= 0.3 is 0 Å². The second-order valence-corrected chi connectivity index (χ2v) is 3.08. The fraction of sp³-hybridized carbons (Fsp3) is 0.444. The second-order valence-electron chi connectivity index (χ2n) is 3.08. The zero-order valence-electron chi connectivity index (χ0n) is 8.21. The summed E-state index contributed by atoms with van der Waals surface area (Å²) in [6.07, 6.45) is 3.60. The quantitative estimate of drug-likeness (QED) is 0.690. The van der Waals surface area contributed by atoms with E-state index >= 15 is 0 Å². The largest absolute Gasteiger partial charge is 0.394 e. The van der Waals surface area contributed by atoms with Gasteiger partial charge in [0.15, 0.2) is 6.29 Å². The predicted molar refractivity (Wildman–Crippen MR) is 52.4 cm³/mol. The summed E-state index contributed by atoms with van der Waals surface area (Å²) >= 11 is 0. The van der Waals surface area contributed by atoms with Crippen LogP contribution in [0.1, 0.15) is 17.3 Å². The van der Waals surface area contributed by atoms with Crippen LogP contribution in [0.4, 0.5) is 5.95 Å². The Balaban J connectivity index is 2.80. The average molecular weight is 195 g/mol. The first-order valence-electron chi connectivity index (χ1n) is 4.30. The lowest BCUT2D eigenvalue weighted by molar-refractivity contribution is 0.112. The predicted octanol–water partition coefficient (Wildman–Crippen LogP) is 0.106. The number of nitrogens with zero attached hydrogens (tertiary/aromatic N) is 3. The summed E-state index contributed by atoms with van der Waals surface area (Å²) in [6.45, 7) is 1.90. The molecule has 0 aromatic carbocycles. The van der Waals surface area contributed by atoms with Crippen LogP contribution < -0.4 is 4.90 Å². The van der Waals surface area contributed by atoms with Crippen molar-refractivity contribution in [2.45, 2.75) is 13.0 Å². The molecule has 0 aliphatic heterocycles. The molecule has 0 fully saturated rings. The van der Waals surface area contributed by atoms with E-state index < -0.39 is 0 Å². The molecule has 1 heterocycles. The van der Waals surface area contributed by atoms with Crippen LogP contribution in [0.15, 0.2) is 12.4 Å². The van der Waals surface area contributed by atoms with Gasteiger partial charge in [-0.05, 0) is 6.92 Å². The summed E-state index contributed by atoms with van der Waals surface area (Å²) in [5, 5.41) is 8.91. The van der Waals surface area contributed by atoms with Gasteiger partial charge in [0.1, 0.15) is 0 Å². The molecular weight excluding hydrogens is 182 g/mol. The smallest absolute Gasteiger partial charge is 0.225 e. The second kappa shape index (κ2) is 4.66. The highest BCUT2D eigenvalue weighted by atomic mass is 16.3. The fourth-order valence-corrected chi connectivity index (χ4v) is 0.894. The van der Waals surface area contributed by atoms with Gasteiger partial charge < -0.3 is 10.0 Å². The summed E-state index contributed by atoms with van der Waals surface area (Å²) in [5.74, 6) is 0.497. The van der Waals surface area contributed by atoms with Crippen LogP contribution in [-0.2, 0) is 0 Å². The summed E-state index contributed by atoms with van der Waals surface area (Å²) in [4.78, 5) is 20.1. The van der Waals surface area contributed by atoms with Crippen molar-refractivity contribution in [3.8, 4) is 0 Å². The molecule has 0 radical (unpaired) electrons. The van der Waals surface area contributed by atoms with E-state index in [1.54, 1.807) is 11.9 Å². The van der Waals surface area contributed by atoms with E-state index in [9.17, 15) is 4.79 Å². The molecule has 1 N–H and O–H groups in total. The van der Waals surface area contributed by atoms with Gasteiger partial charge in [0.25, 0.3) is 0 Å². The number of carbonyl (C=O) groups excluding carboxylic acids is 1. The third-order valence-electron chi connectivity index (χ3n) is 2.04. The molecule has 1 atom stereocenters. The highest BCUT2D eigenvalue weighted by Crippen LogP contribution is 2.07. The molecule has 0 amide bonds. The van der Waals surface area contributed by atoms with Crippen LogP contribution in [0.25, 0.3) is 0 Å². The van der Waals surface area contributed by atoms with Crippen LogP contribution in [0.5, 0.6) is 0 Å². The normalized spacial score (nSPS) is 12.2. The Morgan fingerprint density at radius 3 is 2.57 bits per heavy atom. The third kappa shape index (κ3) is 2.26. The minimum atomic E-state index is -0.0444. The SMILES string of the molecule is CC(CO)N(C)c1ncc(C=O)cn1. The molecule has 1 rings (SSSR count). The highest BCUT2D eigenvalue weighted by Gasteiger charge is 2.10. The van der Waals surface area contributed by atoms with Gasteiger partial charge in [-0.2, -0.15) is 0 Å². The summed E-state index contributed by atoms with van der Waals surface area (Å²) in [5.41, 5.74) is 0.443. The minimum Gasteiger partial charge on any atom is -0.394 e. The van der Waals surface area contributed by atoms with Crippen molar-refractivity contribution in [2.75, 3.05) is 18.6 Å². The number of hydrogen-bond donors (Lipinski definition) is 1. The monoisotopic (exact) mass is 195 g/mol. The first kappa shape index (κ1) is 10.6. The molecule has 76 valence electrons. The number of aliphatic hydroxyl groups is 1. The Morgan fingerprint density at radius 1 is 1.57 bits per heavy atom. The van der Waals surface area contributed by atoms with Crippen molar-refractivity contribution in [1.82, 2.24) is 9.97 Å². The first-order valence-corrected chi connectivity index (χ1v) is 4.30. The number of aromatic nitrogens is 2. The molecule has 1 unspecified atom stereocenters. The molecule has 1 aromatic rings. The van der Waals surface area contributed by atoms with Gasteiger partial charge in [-0.3, -0.25) is 4.79 Å². The van der Waals surface area contributed by atoms with E-state index in [1.807, 2.05) is 6.92 Å². The van der Waals surface area contributed by atoms with E-state index in [0.29, 0.717) is 17.8 Å². The lowest BCUT2D eigenvalue weighted by Crippen LogP contribution is -2.33. The molecule has 0 saturated carbocycles. The summed E-state index contributed by atoms with van der Waals surface area (Å²) in [6, 6.07) is -0.0444. The van der Waals surface area contributed by atoms with Gasteiger partial charge in [0.05, 0.1) is 18.2 Å². The molecule has 5 heteroatoms. The number of hydrogen-bond acceptors (Lipinski definition) is 5. The molecule has 0 bridgehead atoms. The average Bonchev–Trinajstić information content (AvgIpc) is 2.27. The highest BCUT2D eigenvalue weighted by molar-refractivity contribution is 5.73. The number of likely N-dealkylation sites (N-methyl/N-ethyl adjacent to an activating group) is 1. The maximum atomic E-state index is 10.3. The Kier molecular flexibility index (Phi) is 3.53. The number of aldehydes is 1. The van der Waals surface area contributed by atoms with Crippen LogP contribution in [0.3, 0.4) is 0 Å². The molecule has 1 aromatic heterocycles. The van der Waals surface area contributed by atoms with Crippen LogP contribution in [-0.4, -0.2) is 41.1 Å². The van der Waals surface area contributed by atoms with Crippen LogP contribution in [0, 0.1) is 0 Å². The Hall–Kier alpha value is -1.49. The Bertz CT molecular complexity index is 299. The molecular formula is C9H13N3O2. The van der Waals surface area contributed by atoms with E-state index in [-0.39, 0.29) is 12.6 Å². The third-order valence-corrected chi connectivity index (χ3v) is 2.04. The van der Waals surface area contributed by atoms with Gasteiger partial charge in [-0.25, -0.2) is 9.97 Å². The Labute approximate surface area is 82.4 Å². The molecule has 0 spiro atoms. The number of carbonyl (C=O) groups is 1. The van der Waals surface area contributed by atoms with Gasteiger partial charge in [-0.15, -0.1) is 0 Å². The van der Waals surface area contributed by atoms with Crippen molar-refractivity contribution in [3.05, 3.63) is 18.0 Å². The maximum absolute atomic E-state index is 10.3. The number of anilines is 1. The van der Waals surface area contributed by atoms with Gasteiger partial charge in [0.2, 0.25) is 5.95 Å². The van der Waals surface area contributed by atoms with Crippen molar-refractivity contribution >= 4 is 12.2 Å². The van der Waals surface area contributed by atoms with Crippen molar-refractivity contribution < 1.29 is 9.90 Å². The first-order chi connectivity index (χ1) is 6.69. The minimum absolute atomic E-state index is 0.0370. The van der Waals surface area contributed by atoms with E-state index in [4.69, 9.17) is 5.11 Å². The topological polar surface area (TPSA) is 66.3 Å². The molecule has 14 heavy (non-hydrogen) atoms. The van der Waals surface area contributed by atoms with Gasteiger partial charge in [0, 0.05) is 19.4 Å². The van der Waals surface area contributed by atoms with Crippen LogP contribution in [0.2, 0.25) is 0 Å². The number of rotatable bonds is 4. The van der Waals surface area contributed by atoms with Crippen molar-refractivity contribution in [3.63, 3.8) is 0 Å². The molecule has 5 nitrogen and oxygen atoms in total. The molecule has 0 aliphatic rings. The van der Waals surface area contributed by atoms with Gasteiger partial charge in [-0.1, -0.05) is 0 Å². The van der Waals surface area contributed by atoms with Crippen molar-refractivity contribution in [2.24, 2.45) is 0 Å². The lowest BCUT2D eigenvalue weighted by Gasteiger charge is -2.22. The van der Waals surface area contributed by atoms with E-state index in [2.05, 4.69) is 9.97 Å². The maximum Gasteiger partial charge on any atom is 0.225 e. The van der Waals surface area contributed by atoms with E-state index in [1.165, 1.54) is 12.4 Å². The zero-order valence-corrected chi connectivity index (χ0v) is 8.21. The van der Waals surface area contributed by atoms with Crippen LogP contribution >= 0.6 is 0 Å². The number of aliphatic hydroxyl groups excluding tert-OH is 1. The lowest BCUT2D eigenvalue weighted by atomic mass is 10.3. The standard InChI is InChI=1S/C9H13N3O2/c1-7(5-13)12(2)9-10-3-8(6-14)4-11-9/h3-4,6-7,13H,5H2,1-2H3. The summed E-state index contributed by atoms with van der Waals surface area (Å²) < 4.78 is 0. The fourth-order valence-electron chi connectivity index (χ4n) is 0.894. The Morgan fingerprint density at radius 2 is 2.14 bits per heavy atom. The van der Waals surface area contributed by atoms with Crippen molar-refractivity contribution in [1.29, 1.82) is 0 Å². The zero-order chi connectivity index (χ0) is 10.6. The molecule has 0 aliphatic carbocycles. The van der Waals surface area contributed by atoms with E-state index in [0.717, 1.165) is 0 Å².